The van der Waals surface area contributed by atoms with E-state index in [1.807, 2.05) is 0 Å². The van der Waals surface area contributed by atoms with Crippen molar-refractivity contribution < 1.29 is 14.7 Å². The van der Waals surface area contributed by atoms with Crippen molar-refractivity contribution in [3.8, 4) is 0 Å². The summed E-state index contributed by atoms with van der Waals surface area (Å²) < 4.78 is 0. The topological polar surface area (TPSA) is 119 Å². The summed E-state index contributed by atoms with van der Waals surface area (Å²) in [7, 11) is 0. The van der Waals surface area contributed by atoms with Crippen molar-refractivity contribution >= 4 is 17.8 Å². The number of hydrogen-bond donors (Lipinski definition) is 3. The molecule has 1 amide bonds. The number of carboxylic acid groups (broad SMARTS) is 1. The molecule has 6 heteroatoms. The Bertz CT molecular complexity index is 436. The quantitative estimate of drug-likeness (QED) is 0.458. The third-order valence-electron chi connectivity index (χ3n) is 1.62. The molecular formula is C9H9N3O3. The van der Waals surface area contributed by atoms with Crippen LogP contribution < -0.4 is 11.5 Å². The van der Waals surface area contributed by atoms with E-state index in [0.29, 0.717) is 0 Å². The minimum atomic E-state index is -1.20. The molecule has 0 aliphatic carbocycles. The maximum absolute atomic E-state index is 11.4. The molecule has 5 N–H and O–H groups in total. The Balaban J connectivity index is 3.20. The van der Waals surface area contributed by atoms with Crippen LogP contribution >= 0.6 is 0 Å². The molecule has 0 spiro atoms. The van der Waals surface area contributed by atoms with E-state index in [1.165, 1.54) is 24.3 Å². The lowest BCUT2D eigenvalue weighted by Gasteiger charge is -2.00. The van der Waals surface area contributed by atoms with Crippen molar-refractivity contribution in [3.05, 3.63) is 35.4 Å². The fourth-order valence-corrected chi connectivity index (χ4v) is 1.03. The van der Waals surface area contributed by atoms with Crippen LogP contribution in [-0.4, -0.2) is 22.9 Å². The fourth-order valence-electron chi connectivity index (χ4n) is 1.03. The van der Waals surface area contributed by atoms with Crippen molar-refractivity contribution in [2.75, 3.05) is 0 Å². The molecule has 0 heterocycles. The number of aromatic carboxylic acids is 1. The van der Waals surface area contributed by atoms with Gasteiger partial charge in [0.15, 0.2) is 5.96 Å². The summed E-state index contributed by atoms with van der Waals surface area (Å²) in [6, 6.07) is 5.69. The van der Waals surface area contributed by atoms with Gasteiger partial charge in [-0.15, -0.1) is 0 Å². The number of rotatable bonds is 2. The van der Waals surface area contributed by atoms with Gasteiger partial charge in [-0.3, -0.25) is 4.79 Å². The lowest BCUT2D eigenvalue weighted by atomic mass is 10.1. The van der Waals surface area contributed by atoms with E-state index in [0.717, 1.165) is 0 Å². The Morgan fingerprint density at radius 2 is 1.67 bits per heavy atom. The molecule has 0 saturated carbocycles. The van der Waals surface area contributed by atoms with E-state index in [4.69, 9.17) is 16.6 Å². The largest absolute Gasteiger partial charge is 0.478 e. The van der Waals surface area contributed by atoms with Crippen LogP contribution in [0.3, 0.4) is 0 Å². The van der Waals surface area contributed by atoms with Crippen LogP contribution in [0.25, 0.3) is 0 Å². The van der Waals surface area contributed by atoms with Crippen LogP contribution in [0.1, 0.15) is 20.7 Å². The van der Waals surface area contributed by atoms with Gasteiger partial charge in [0.25, 0.3) is 5.91 Å². The average molecular weight is 207 g/mol. The number of carboxylic acids is 1. The molecule has 0 aliphatic rings. The van der Waals surface area contributed by atoms with Crippen LogP contribution in [0.15, 0.2) is 29.3 Å². The molecule has 1 rings (SSSR count). The molecule has 15 heavy (non-hydrogen) atoms. The smallest absolute Gasteiger partial charge is 0.336 e. The monoisotopic (exact) mass is 207 g/mol. The zero-order chi connectivity index (χ0) is 11.4. The predicted octanol–water partition coefficient (Wildman–Crippen LogP) is -0.202. The Labute approximate surface area is 85.2 Å². The van der Waals surface area contributed by atoms with Crippen molar-refractivity contribution in [1.29, 1.82) is 0 Å². The minimum absolute atomic E-state index is 0.0431. The van der Waals surface area contributed by atoms with Crippen molar-refractivity contribution in [2.24, 2.45) is 16.5 Å². The highest BCUT2D eigenvalue weighted by molar-refractivity contribution is 6.08. The SMILES string of the molecule is NC(N)=NC(=O)c1ccccc1C(=O)O. The Kier molecular flexibility index (Phi) is 3.02. The lowest BCUT2D eigenvalue weighted by Crippen LogP contribution is -2.24. The molecule has 6 nitrogen and oxygen atoms in total. The molecule has 78 valence electrons. The van der Waals surface area contributed by atoms with Gasteiger partial charge < -0.3 is 16.6 Å². The first-order chi connectivity index (χ1) is 7.02. The number of guanidine groups is 1. The summed E-state index contributed by atoms with van der Waals surface area (Å²) in [6.07, 6.45) is 0. The number of benzene rings is 1. The maximum atomic E-state index is 11.4. The lowest BCUT2D eigenvalue weighted by molar-refractivity contribution is 0.0692. The molecule has 0 saturated heterocycles. The highest BCUT2D eigenvalue weighted by Gasteiger charge is 2.14. The second-order valence-corrected chi connectivity index (χ2v) is 2.69. The van der Waals surface area contributed by atoms with Gasteiger partial charge in [-0.1, -0.05) is 12.1 Å². The standard InChI is InChI=1S/C9H9N3O3/c10-9(11)12-7(13)5-3-1-2-4-6(5)8(14)15/h1-4H,(H,14,15)(H4,10,11,12,13). The number of carbonyl (C=O) groups is 2. The summed E-state index contributed by atoms with van der Waals surface area (Å²) in [5.41, 5.74) is 9.86. The number of amides is 1. The molecule has 1 aromatic rings. The van der Waals surface area contributed by atoms with E-state index in [1.54, 1.807) is 0 Å². The molecular weight excluding hydrogens is 198 g/mol. The van der Waals surface area contributed by atoms with Gasteiger partial charge in [0, 0.05) is 0 Å². The van der Waals surface area contributed by atoms with Gasteiger partial charge in [-0.25, -0.2) is 4.79 Å². The third-order valence-corrected chi connectivity index (χ3v) is 1.62. The molecule has 0 bridgehead atoms. The maximum Gasteiger partial charge on any atom is 0.336 e. The number of nitrogens with zero attached hydrogens (tertiary/aromatic N) is 1. The van der Waals surface area contributed by atoms with Gasteiger partial charge in [0.2, 0.25) is 0 Å². The minimum Gasteiger partial charge on any atom is -0.478 e. The van der Waals surface area contributed by atoms with Gasteiger partial charge >= 0.3 is 5.97 Å². The number of nitrogens with two attached hydrogens (primary N) is 2. The van der Waals surface area contributed by atoms with Crippen LogP contribution in [0.5, 0.6) is 0 Å². The van der Waals surface area contributed by atoms with E-state index >= 15 is 0 Å². The fraction of sp³-hybridized carbons (Fsp3) is 0. The summed E-state index contributed by atoms with van der Waals surface area (Å²) in [5.74, 6) is -2.38. The van der Waals surface area contributed by atoms with Crippen LogP contribution in [0.4, 0.5) is 0 Å². The van der Waals surface area contributed by atoms with Crippen LogP contribution in [0.2, 0.25) is 0 Å². The van der Waals surface area contributed by atoms with Crippen LogP contribution in [0, 0.1) is 0 Å². The average Bonchev–Trinajstić information content (AvgIpc) is 2.16. The molecule has 0 fully saturated rings. The van der Waals surface area contributed by atoms with Crippen molar-refractivity contribution in [2.45, 2.75) is 0 Å². The second kappa shape index (κ2) is 4.23. The first kappa shape index (κ1) is 10.7. The van der Waals surface area contributed by atoms with E-state index in [9.17, 15) is 9.59 Å². The van der Waals surface area contributed by atoms with E-state index in [2.05, 4.69) is 4.99 Å². The summed E-state index contributed by atoms with van der Waals surface area (Å²) >= 11 is 0. The number of hydrogen-bond acceptors (Lipinski definition) is 2. The van der Waals surface area contributed by atoms with Gasteiger partial charge in [-0.05, 0) is 12.1 Å². The van der Waals surface area contributed by atoms with Crippen molar-refractivity contribution in [1.82, 2.24) is 0 Å². The predicted molar refractivity (Wildman–Crippen MR) is 53.5 cm³/mol. The molecule has 1 aromatic carbocycles. The molecule has 0 atom stereocenters. The normalized spacial score (nSPS) is 9.33. The molecule has 0 aliphatic heterocycles. The summed E-state index contributed by atoms with van der Waals surface area (Å²) in [6.45, 7) is 0. The van der Waals surface area contributed by atoms with Gasteiger partial charge in [0.05, 0.1) is 11.1 Å². The highest BCUT2D eigenvalue weighted by atomic mass is 16.4. The zero-order valence-corrected chi connectivity index (χ0v) is 7.68. The number of aliphatic imine (C=N–C) groups is 1. The second-order valence-electron chi connectivity index (χ2n) is 2.69. The van der Waals surface area contributed by atoms with Crippen LogP contribution in [-0.2, 0) is 0 Å². The van der Waals surface area contributed by atoms with Gasteiger partial charge in [0.1, 0.15) is 0 Å². The van der Waals surface area contributed by atoms with Gasteiger partial charge in [-0.2, -0.15) is 4.99 Å². The van der Waals surface area contributed by atoms with E-state index in [-0.39, 0.29) is 11.1 Å². The third kappa shape index (κ3) is 2.53. The zero-order valence-electron chi connectivity index (χ0n) is 7.68. The summed E-state index contributed by atoms with van der Waals surface area (Å²) in [5, 5.41) is 8.79. The molecule has 0 radical (unpaired) electrons. The first-order valence-electron chi connectivity index (χ1n) is 3.98. The summed E-state index contributed by atoms with van der Waals surface area (Å²) in [4.78, 5) is 25.4. The Hall–Kier alpha value is -2.37. The Morgan fingerprint density at radius 1 is 1.13 bits per heavy atom. The Morgan fingerprint density at radius 3 is 2.13 bits per heavy atom. The van der Waals surface area contributed by atoms with E-state index < -0.39 is 17.8 Å². The highest BCUT2D eigenvalue weighted by Crippen LogP contribution is 2.09. The molecule has 0 aromatic heterocycles. The van der Waals surface area contributed by atoms with Crippen molar-refractivity contribution in [3.63, 3.8) is 0 Å². The first-order valence-corrected chi connectivity index (χ1v) is 3.98. The molecule has 0 unspecified atom stereocenters. The number of carbonyl (C=O) groups excluding carboxylic acids is 1.